The number of fused-ring (bicyclic) bond motifs is 1. The minimum atomic E-state index is -0.501. The minimum absolute atomic E-state index is 0.0615. The zero-order chi connectivity index (χ0) is 26.7. The van der Waals surface area contributed by atoms with Gasteiger partial charge in [0.2, 0.25) is 5.91 Å². The average Bonchev–Trinajstić information content (AvgIpc) is 3.12. The maximum atomic E-state index is 13.4. The van der Waals surface area contributed by atoms with Crippen molar-refractivity contribution in [3.05, 3.63) is 107 Å². The van der Waals surface area contributed by atoms with Gasteiger partial charge in [0.25, 0.3) is 0 Å². The molecule has 0 saturated carbocycles. The SMILES string of the molecule is CC(C)CC(NC(=O)C=Cc1ccccc1)C(=O)CN1CCCc2cc(OCc3ccccc3)ccc2C1. The molecular weight excluding hydrogens is 472 g/mol. The number of ether oxygens (including phenoxy) is 1. The molecule has 0 radical (unpaired) electrons. The third kappa shape index (κ3) is 8.42. The Hall–Kier alpha value is -3.70. The summed E-state index contributed by atoms with van der Waals surface area (Å²) in [5.74, 6) is 0.991. The van der Waals surface area contributed by atoms with Gasteiger partial charge in [0.1, 0.15) is 12.4 Å². The fourth-order valence-electron chi connectivity index (χ4n) is 4.80. The second-order valence-electron chi connectivity index (χ2n) is 10.4. The number of carbonyl (C=O) groups is 2. The Bertz CT molecular complexity index is 1220. The Morgan fingerprint density at radius 1 is 0.974 bits per heavy atom. The quantitative estimate of drug-likeness (QED) is 0.330. The third-order valence-electron chi connectivity index (χ3n) is 6.76. The highest BCUT2D eigenvalue weighted by Gasteiger charge is 2.25. The van der Waals surface area contributed by atoms with Crippen LogP contribution in [0.1, 0.15) is 48.9 Å². The molecule has 38 heavy (non-hydrogen) atoms. The van der Waals surface area contributed by atoms with Crippen LogP contribution < -0.4 is 10.1 Å². The van der Waals surface area contributed by atoms with Crippen molar-refractivity contribution in [1.82, 2.24) is 10.2 Å². The molecule has 5 heteroatoms. The third-order valence-corrected chi connectivity index (χ3v) is 6.76. The van der Waals surface area contributed by atoms with Crippen LogP contribution in [0.3, 0.4) is 0 Å². The van der Waals surface area contributed by atoms with Crippen molar-refractivity contribution in [2.24, 2.45) is 5.92 Å². The second-order valence-corrected chi connectivity index (χ2v) is 10.4. The smallest absolute Gasteiger partial charge is 0.244 e. The van der Waals surface area contributed by atoms with E-state index in [4.69, 9.17) is 4.74 Å². The molecule has 1 amide bonds. The van der Waals surface area contributed by atoms with E-state index in [1.54, 1.807) is 6.08 Å². The zero-order valence-electron chi connectivity index (χ0n) is 22.4. The topological polar surface area (TPSA) is 58.6 Å². The summed E-state index contributed by atoms with van der Waals surface area (Å²) in [6, 6.07) is 25.6. The van der Waals surface area contributed by atoms with Crippen molar-refractivity contribution < 1.29 is 14.3 Å². The van der Waals surface area contributed by atoms with Gasteiger partial charge in [-0.05, 0) is 72.2 Å². The van der Waals surface area contributed by atoms with E-state index in [2.05, 4.69) is 48.3 Å². The fourth-order valence-corrected chi connectivity index (χ4v) is 4.80. The number of aryl methyl sites for hydroxylation is 1. The summed E-state index contributed by atoms with van der Waals surface area (Å²) in [5.41, 5.74) is 4.61. The number of rotatable bonds is 11. The molecule has 0 bridgehead atoms. The van der Waals surface area contributed by atoms with Crippen molar-refractivity contribution in [3.8, 4) is 5.75 Å². The van der Waals surface area contributed by atoms with Gasteiger partial charge in [-0.2, -0.15) is 0 Å². The highest BCUT2D eigenvalue weighted by atomic mass is 16.5. The molecule has 0 fully saturated rings. The van der Waals surface area contributed by atoms with Crippen LogP contribution in [0, 0.1) is 5.92 Å². The zero-order valence-corrected chi connectivity index (χ0v) is 22.4. The van der Waals surface area contributed by atoms with Crippen molar-refractivity contribution >= 4 is 17.8 Å². The highest BCUT2D eigenvalue weighted by Crippen LogP contribution is 2.24. The first kappa shape index (κ1) is 27.3. The molecule has 0 aliphatic carbocycles. The molecule has 3 aromatic carbocycles. The van der Waals surface area contributed by atoms with E-state index < -0.39 is 6.04 Å². The first-order chi connectivity index (χ1) is 18.5. The fraction of sp³-hybridized carbons (Fsp3) is 0.333. The van der Waals surface area contributed by atoms with Gasteiger partial charge in [-0.1, -0.05) is 80.6 Å². The molecule has 198 valence electrons. The second kappa shape index (κ2) is 13.7. The summed E-state index contributed by atoms with van der Waals surface area (Å²) in [5, 5.41) is 2.96. The lowest BCUT2D eigenvalue weighted by atomic mass is 9.99. The van der Waals surface area contributed by atoms with Crippen molar-refractivity contribution in [2.45, 2.75) is 52.3 Å². The Kier molecular flexibility index (Phi) is 9.88. The lowest BCUT2D eigenvalue weighted by Gasteiger charge is -2.24. The van der Waals surface area contributed by atoms with E-state index in [1.165, 1.54) is 17.2 Å². The molecule has 0 spiro atoms. The summed E-state index contributed by atoms with van der Waals surface area (Å²) in [7, 11) is 0. The summed E-state index contributed by atoms with van der Waals surface area (Å²) in [6.07, 6.45) is 5.84. The Morgan fingerprint density at radius 2 is 1.71 bits per heavy atom. The maximum absolute atomic E-state index is 13.4. The summed E-state index contributed by atoms with van der Waals surface area (Å²) in [6.45, 7) is 6.58. The molecule has 4 rings (SSSR count). The lowest BCUT2D eigenvalue weighted by molar-refractivity contribution is -0.126. The summed E-state index contributed by atoms with van der Waals surface area (Å²) < 4.78 is 6.03. The van der Waals surface area contributed by atoms with Crippen LogP contribution in [-0.4, -0.2) is 35.7 Å². The number of Topliss-reactive ketones (excluding diaryl/α,β-unsaturated/α-hetero) is 1. The van der Waals surface area contributed by atoms with Crippen LogP contribution >= 0.6 is 0 Å². The minimum Gasteiger partial charge on any atom is -0.489 e. The molecule has 1 atom stereocenters. The normalized spacial score (nSPS) is 14.6. The van der Waals surface area contributed by atoms with Crippen molar-refractivity contribution in [3.63, 3.8) is 0 Å². The van der Waals surface area contributed by atoms with Gasteiger partial charge in [0.05, 0.1) is 12.6 Å². The van der Waals surface area contributed by atoms with E-state index in [0.717, 1.165) is 42.8 Å². The van der Waals surface area contributed by atoms with E-state index in [-0.39, 0.29) is 11.7 Å². The molecular formula is C33H38N2O3. The molecule has 5 nitrogen and oxygen atoms in total. The predicted octanol–water partition coefficient (Wildman–Crippen LogP) is 5.83. The molecule has 3 aromatic rings. The molecule has 1 heterocycles. The number of hydrogen-bond acceptors (Lipinski definition) is 4. The van der Waals surface area contributed by atoms with E-state index in [1.807, 2.05) is 54.6 Å². The first-order valence-electron chi connectivity index (χ1n) is 13.5. The first-order valence-corrected chi connectivity index (χ1v) is 13.5. The van der Waals surface area contributed by atoms with Gasteiger partial charge in [0, 0.05) is 12.6 Å². The Balaban J connectivity index is 1.35. The number of ketones is 1. The van der Waals surface area contributed by atoms with Gasteiger partial charge >= 0.3 is 0 Å². The number of amides is 1. The molecule has 1 N–H and O–H groups in total. The monoisotopic (exact) mass is 510 g/mol. The van der Waals surface area contributed by atoms with E-state index in [9.17, 15) is 9.59 Å². The van der Waals surface area contributed by atoms with E-state index >= 15 is 0 Å². The predicted molar refractivity (Wildman–Crippen MR) is 153 cm³/mol. The number of carbonyl (C=O) groups excluding carboxylic acids is 2. The van der Waals surface area contributed by atoms with E-state index in [0.29, 0.717) is 25.5 Å². The van der Waals surface area contributed by atoms with Gasteiger partial charge in [0.15, 0.2) is 5.78 Å². The van der Waals surface area contributed by atoms with Gasteiger partial charge in [-0.25, -0.2) is 0 Å². The van der Waals surface area contributed by atoms with Crippen LogP contribution in [0.2, 0.25) is 0 Å². The standard InChI is InChI=1S/C33H38N2O3/c1-25(2)20-31(34-33(37)18-15-26-10-5-3-6-11-26)32(36)23-35-19-9-14-28-21-30(17-16-29(28)22-35)38-24-27-12-7-4-8-13-27/h3-8,10-13,15-18,21,25,31H,9,14,19-20,22-24H2,1-2H3,(H,34,37). The van der Waals surface area contributed by atoms with Crippen LogP contribution in [0.5, 0.6) is 5.75 Å². The van der Waals surface area contributed by atoms with Gasteiger partial charge in [-0.15, -0.1) is 0 Å². The molecule has 1 aliphatic heterocycles. The van der Waals surface area contributed by atoms with Crippen molar-refractivity contribution in [1.29, 1.82) is 0 Å². The van der Waals surface area contributed by atoms with Crippen LogP contribution in [0.25, 0.3) is 6.08 Å². The number of benzene rings is 3. The highest BCUT2D eigenvalue weighted by molar-refractivity contribution is 5.96. The number of nitrogens with zero attached hydrogens (tertiary/aromatic N) is 1. The average molecular weight is 511 g/mol. The molecule has 1 unspecified atom stereocenters. The van der Waals surface area contributed by atoms with Gasteiger partial charge < -0.3 is 10.1 Å². The summed E-state index contributed by atoms with van der Waals surface area (Å²) in [4.78, 5) is 28.2. The largest absolute Gasteiger partial charge is 0.489 e. The molecule has 0 aromatic heterocycles. The Labute approximate surface area is 226 Å². The molecule has 0 saturated heterocycles. The van der Waals surface area contributed by atoms with Gasteiger partial charge in [-0.3, -0.25) is 14.5 Å². The number of nitrogens with one attached hydrogen (secondary N) is 1. The van der Waals surface area contributed by atoms with Crippen LogP contribution in [0.15, 0.2) is 84.9 Å². The Morgan fingerprint density at radius 3 is 2.45 bits per heavy atom. The molecule has 1 aliphatic rings. The maximum Gasteiger partial charge on any atom is 0.244 e. The summed E-state index contributed by atoms with van der Waals surface area (Å²) >= 11 is 0. The van der Waals surface area contributed by atoms with Crippen LogP contribution in [-0.2, 0) is 29.2 Å². The van der Waals surface area contributed by atoms with Crippen LogP contribution in [0.4, 0.5) is 0 Å². The van der Waals surface area contributed by atoms with Crippen molar-refractivity contribution in [2.75, 3.05) is 13.1 Å². The lowest BCUT2D eigenvalue weighted by Crippen LogP contribution is -2.45. The number of hydrogen-bond donors (Lipinski definition) is 1.